The molecule has 0 saturated carbocycles. The fourth-order valence-electron chi connectivity index (χ4n) is 0.206. The highest BCUT2D eigenvalue weighted by molar-refractivity contribution is 8.77. The largest absolute Gasteiger partial charge is 0.380 e. The Morgan fingerprint density at radius 1 is 1.36 bits per heavy atom. The van der Waals surface area contributed by atoms with E-state index >= 15 is 0 Å². The van der Waals surface area contributed by atoms with Crippen molar-refractivity contribution in [1.29, 1.82) is 0 Å². The normalized spacial score (nSPS) is 15.0. The minimum atomic E-state index is -1.99. The van der Waals surface area contributed by atoms with Crippen molar-refractivity contribution in [3.63, 3.8) is 0 Å². The van der Waals surface area contributed by atoms with E-state index in [4.69, 9.17) is 26.8 Å². The third kappa shape index (κ3) is 5.74. The quantitative estimate of drug-likeness (QED) is 0.264. The molecule has 0 aliphatic carbocycles. The van der Waals surface area contributed by atoms with Gasteiger partial charge in [0.1, 0.15) is 5.44 Å². The van der Waals surface area contributed by atoms with Crippen LogP contribution in [0.1, 0.15) is 0 Å². The summed E-state index contributed by atoms with van der Waals surface area (Å²) in [6.45, 7) is -0.222. The van der Waals surface area contributed by atoms with Crippen LogP contribution in [0.3, 0.4) is 0 Å². The summed E-state index contributed by atoms with van der Waals surface area (Å²) < 4.78 is 0. The summed E-state index contributed by atoms with van der Waals surface area (Å²) in [6.07, 6.45) is 0. The fourth-order valence-corrected chi connectivity index (χ4v) is 1.85. The van der Waals surface area contributed by atoms with Gasteiger partial charge in [-0.15, -0.1) is 0 Å². The van der Waals surface area contributed by atoms with Crippen molar-refractivity contribution in [3.8, 4) is 0 Å². The van der Waals surface area contributed by atoms with Crippen LogP contribution in [0.25, 0.3) is 0 Å². The van der Waals surface area contributed by atoms with Gasteiger partial charge in [0.05, 0.1) is 6.54 Å². The highest BCUT2D eigenvalue weighted by Crippen LogP contribution is 2.33. The Labute approximate surface area is 72.5 Å². The molecule has 0 radical (unpaired) electrons. The lowest BCUT2D eigenvalue weighted by atomic mass is 10.7. The van der Waals surface area contributed by atoms with Crippen molar-refractivity contribution < 1.29 is 15.3 Å². The van der Waals surface area contributed by atoms with Crippen LogP contribution in [0.15, 0.2) is 0 Å². The zero-order valence-corrected chi connectivity index (χ0v) is 7.44. The van der Waals surface area contributed by atoms with Gasteiger partial charge in [-0.2, -0.15) is 0 Å². The van der Waals surface area contributed by atoms with Crippen LogP contribution < -0.4 is 11.5 Å². The number of aliphatic hydroxyl groups excluding tert-OH is 1. The van der Waals surface area contributed by atoms with Crippen molar-refractivity contribution in [2.24, 2.45) is 11.5 Å². The molecule has 0 saturated heterocycles. The first kappa shape index (κ1) is 11.5. The van der Waals surface area contributed by atoms with E-state index in [1.165, 1.54) is 0 Å². The minimum absolute atomic E-state index is 0.0678. The van der Waals surface area contributed by atoms with E-state index in [0.29, 0.717) is 10.8 Å². The predicted octanol–water partition coefficient (Wildman–Crippen LogP) is -1.76. The van der Waals surface area contributed by atoms with Gasteiger partial charge in [0.25, 0.3) is 0 Å². The number of hydrogen-bond acceptors (Lipinski definition) is 7. The summed E-state index contributed by atoms with van der Waals surface area (Å²) in [5, 5.41) is 24.7. The number of rotatable bonds is 5. The SMILES string of the molecule is NCC(O)SSC(O)(O)CN. The third-order valence-electron chi connectivity index (χ3n) is 0.760. The number of hydrogen-bond donors (Lipinski definition) is 5. The van der Waals surface area contributed by atoms with Crippen molar-refractivity contribution in [2.45, 2.75) is 10.6 Å². The fraction of sp³-hybridized carbons (Fsp3) is 1.00. The number of aliphatic hydroxyl groups is 3. The summed E-state index contributed by atoms with van der Waals surface area (Å²) in [5.41, 5.74) is 9.25. The minimum Gasteiger partial charge on any atom is -0.380 e. The summed E-state index contributed by atoms with van der Waals surface area (Å²) in [7, 11) is 1.56. The van der Waals surface area contributed by atoms with Crippen LogP contribution in [-0.4, -0.2) is 39.0 Å². The molecule has 0 amide bonds. The highest BCUT2D eigenvalue weighted by Gasteiger charge is 2.23. The van der Waals surface area contributed by atoms with Gasteiger partial charge in [0.15, 0.2) is 0 Å². The van der Waals surface area contributed by atoms with Gasteiger partial charge in [-0.05, 0) is 10.8 Å². The first-order valence-electron chi connectivity index (χ1n) is 2.89. The Balaban J connectivity index is 3.52. The van der Waals surface area contributed by atoms with E-state index in [-0.39, 0.29) is 13.1 Å². The van der Waals surface area contributed by atoms with Crippen LogP contribution in [-0.2, 0) is 0 Å². The lowest BCUT2D eigenvalue weighted by Gasteiger charge is -2.18. The van der Waals surface area contributed by atoms with E-state index in [0.717, 1.165) is 10.8 Å². The molecule has 7 N–H and O–H groups in total. The topological polar surface area (TPSA) is 113 Å². The van der Waals surface area contributed by atoms with Crippen LogP contribution in [0.4, 0.5) is 0 Å². The molecule has 0 aliphatic heterocycles. The Morgan fingerprint density at radius 2 is 1.91 bits per heavy atom. The molecule has 0 fully saturated rings. The average molecular weight is 200 g/mol. The molecule has 1 unspecified atom stereocenters. The van der Waals surface area contributed by atoms with Crippen LogP contribution in [0, 0.1) is 0 Å². The molecule has 0 rings (SSSR count). The number of nitrogens with two attached hydrogens (primary N) is 2. The van der Waals surface area contributed by atoms with Gasteiger partial charge in [-0.3, -0.25) is 0 Å². The molecule has 5 nitrogen and oxygen atoms in total. The molecular formula is C4H12N2O3S2. The van der Waals surface area contributed by atoms with Crippen molar-refractivity contribution in [1.82, 2.24) is 0 Å². The smallest absolute Gasteiger partial charge is 0.236 e. The molecule has 68 valence electrons. The Morgan fingerprint density at radius 3 is 2.27 bits per heavy atom. The van der Waals surface area contributed by atoms with E-state index in [1.807, 2.05) is 0 Å². The second-order valence-corrected chi connectivity index (χ2v) is 4.45. The molecule has 0 heterocycles. The van der Waals surface area contributed by atoms with Gasteiger partial charge in [-0.1, -0.05) is 10.8 Å². The maximum absolute atomic E-state index is 8.89. The zero-order valence-electron chi connectivity index (χ0n) is 5.80. The summed E-state index contributed by atoms with van der Waals surface area (Å²) in [4.78, 5) is 0. The molecular weight excluding hydrogens is 188 g/mol. The summed E-state index contributed by atoms with van der Waals surface area (Å²) in [6, 6.07) is 0. The van der Waals surface area contributed by atoms with Gasteiger partial charge in [-0.25, -0.2) is 0 Å². The zero-order chi connectivity index (χ0) is 8.91. The molecule has 7 heteroatoms. The average Bonchev–Trinajstić information content (AvgIpc) is 2.00. The molecule has 0 aromatic rings. The first-order valence-corrected chi connectivity index (χ1v) is 5.10. The second kappa shape index (κ2) is 5.20. The maximum Gasteiger partial charge on any atom is 0.236 e. The van der Waals surface area contributed by atoms with Crippen LogP contribution in [0.2, 0.25) is 0 Å². The summed E-state index contributed by atoms with van der Waals surface area (Å²) in [5.74, 6) is 0. The molecule has 0 aromatic carbocycles. The molecule has 1 atom stereocenters. The second-order valence-electron chi connectivity index (χ2n) is 1.82. The predicted molar refractivity (Wildman–Crippen MR) is 46.5 cm³/mol. The van der Waals surface area contributed by atoms with Crippen molar-refractivity contribution in [2.75, 3.05) is 13.1 Å². The first-order chi connectivity index (χ1) is 5.02. The summed E-state index contributed by atoms with van der Waals surface area (Å²) >= 11 is 0. The van der Waals surface area contributed by atoms with Gasteiger partial charge in [0, 0.05) is 6.54 Å². The Bertz CT molecular complexity index is 114. The lowest BCUT2D eigenvalue weighted by Crippen LogP contribution is -2.33. The standard InChI is InChI=1S/C4H12N2O3S2/c5-1-3(7)10-11-4(8,9)2-6/h3,7-9H,1-2,5-6H2. The molecule has 11 heavy (non-hydrogen) atoms. The highest BCUT2D eigenvalue weighted by atomic mass is 33.1. The monoisotopic (exact) mass is 200 g/mol. The van der Waals surface area contributed by atoms with E-state index in [9.17, 15) is 0 Å². The third-order valence-corrected chi connectivity index (χ3v) is 3.46. The van der Waals surface area contributed by atoms with E-state index < -0.39 is 10.6 Å². The Hall–Kier alpha value is 0.500. The lowest BCUT2D eigenvalue weighted by molar-refractivity contribution is -0.0654. The molecule has 0 bridgehead atoms. The molecule has 0 aromatic heterocycles. The van der Waals surface area contributed by atoms with Crippen LogP contribution in [0.5, 0.6) is 0 Å². The Kier molecular flexibility index (Phi) is 5.44. The molecule has 0 aliphatic rings. The van der Waals surface area contributed by atoms with E-state index in [2.05, 4.69) is 0 Å². The van der Waals surface area contributed by atoms with Crippen molar-refractivity contribution >= 4 is 21.6 Å². The van der Waals surface area contributed by atoms with Gasteiger partial charge in [0.2, 0.25) is 5.12 Å². The van der Waals surface area contributed by atoms with Crippen molar-refractivity contribution in [3.05, 3.63) is 0 Å². The maximum atomic E-state index is 8.89. The molecule has 0 spiro atoms. The van der Waals surface area contributed by atoms with Gasteiger partial charge >= 0.3 is 0 Å². The van der Waals surface area contributed by atoms with Crippen LogP contribution >= 0.6 is 21.6 Å². The van der Waals surface area contributed by atoms with Gasteiger partial charge < -0.3 is 26.8 Å². The van der Waals surface area contributed by atoms with E-state index in [1.54, 1.807) is 0 Å².